The Morgan fingerprint density at radius 1 is 0.895 bits per heavy atom. The number of morpholine rings is 1. The normalized spacial score (nSPS) is 23.2. The maximum absolute atomic E-state index is 6.25. The van der Waals surface area contributed by atoms with E-state index in [1.54, 1.807) is 0 Å². The van der Waals surface area contributed by atoms with Crippen molar-refractivity contribution in [2.45, 2.75) is 19.1 Å². The fourth-order valence-electron chi connectivity index (χ4n) is 2.57. The molecule has 2 aromatic carbocycles. The van der Waals surface area contributed by atoms with E-state index < -0.39 is 0 Å². The Labute approximate surface area is 114 Å². The minimum absolute atomic E-state index is 0.138. The maximum Gasteiger partial charge on any atom is 0.0958 e. The number of aryl methyl sites for hydroxylation is 1. The Balaban J connectivity index is 1.78. The lowest BCUT2D eigenvalue weighted by molar-refractivity contribution is -0.0406. The fraction of sp³-hybridized carbons (Fsp3) is 0.294. The Bertz CT molecular complexity index is 538. The standard InChI is InChI=1S/C17H19NO/c1-13-6-5-9-15(10-13)17-12-18-11-16(19-17)14-7-3-2-4-8-14/h2-10,16-18H,11-12H2,1H3. The lowest BCUT2D eigenvalue weighted by Crippen LogP contribution is -2.35. The van der Waals surface area contributed by atoms with E-state index >= 15 is 0 Å². The summed E-state index contributed by atoms with van der Waals surface area (Å²) in [6.07, 6.45) is 0.277. The van der Waals surface area contributed by atoms with Gasteiger partial charge in [0.05, 0.1) is 12.2 Å². The summed E-state index contributed by atoms with van der Waals surface area (Å²) in [6, 6.07) is 19.0. The highest BCUT2D eigenvalue weighted by Crippen LogP contribution is 2.29. The molecule has 0 spiro atoms. The van der Waals surface area contributed by atoms with Crippen LogP contribution >= 0.6 is 0 Å². The molecule has 2 aromatic rings. The predicted octanol–water partition coefficient (Wildman–Crippen LogP) is 3.40. The molecule has 1 aliphatic rings. The molecule has 2 atom stereocenters. The van der Waals surface area contributed by atoms with E-state index in [1.807, 2.05) is 6.07 Å². The molecule has 2 heteroatoms. The summed E-state index contributed by atoms with van der Waals surface area (Å²) in [6.45, 7) is 3.88. The fourth-order valence-corrected chi connectivity index (χ4v) is 2.57. The minimum Gasteiger partial charge on any atom is -0.363 e. The molecular formula is C17H19NO. The number of benzene rings is 2. The van der Waals surface area contributed by atoms with Crippen LogP contribution in [-0.4, -0.2) is 13.1 Å². The third-order valence-electron chi connectivity index (χ3n) is 3.57. The summed E-state index contributed by atoms with van der Waals surface area (Å²) in [4.78, 5) is 0. The Hall–Kier alpha value is -1.64. The molecule has 3 rings (SSSR count). The lowest BCUT2D eigenvalue weighted by atomic mass is 10.0. The average molecular weight is 253 g/mol. The maximum atomic E-state index is 6.25. The van der Waals surface area contributed by atoms with Crippen molar-refractivity contribution in [2.75, 3.05) is 13.1 Å². The molecule has 1 fully saturated rings. The highest BCUT2D eigenvalue weighted by Gasteiger charge is 2.24. The van der Waals surface area contributed by atoms with Gasteiger partial charge < -0.3 is 10.1 Å². The van der Waals surface area contributed by atoms with Gasteiger partial charge in [-0.3, -0.25) is 0 Å². The predicted molar refractivity (Wildman–Crippen MR) is 77.1 cm³/mol. The first-order valence-electron chi connectivity index (χ1n) is 6.80. The van der Waals surface area contributed by atoms with Crippen molar-refractivity contribution < 1.29 is 4.74 Å². The molecule has 19 heavy (non-hydrogen) atoms. The molecule has 0 aliphatic carbocycles. The van der Waals surface area contributed by atoms with Crippen LogP contribution in [0.5, 0.6) is 0 Å². The van der Waals surface area contributed by atoms with Crippen molar-refractivity contribution in [1.82, 2.24) is 5.32 Å². The van der Waals surface area contributed by atoms with E-state index in [2.05, 4.69) is 60.8 Å². The molecule has 0 saturated carbocycles. The Kier molecular flexibility index (Phi) is 3.62. The third-order valence-corrected chi connectivity index (χ3v) is 3.57. The first kappa shape index (κ1) is 12.4. The second kappa shape index (κ2) is 5.55. The van der Waals surface area contributed by atoms with Gasteiger partial charge in [-0.25, -0.2) is 0 Å². The quantitative estimate of drug-likeness (QED) is 0.885. The molecule has 2 nitrogen and oxygen atoms in total. The number of nitrogens with one attached hydrogen (secondary N) is 1. The van der Waals surface area contributed by atoms with Gasteiger partial charge in [-0.2, -0.15) is 0 Å². The van der Waals surface area contributed by atoms with Crippen molar-refractivity contribution in [3.05, 3.63) is 71.3 Å². The average Bonchev–Trinajstić information content (AvgIpc) is 2.48. The van der Waals surface area contributed by atoms with Crippen molar-refractivity contribution in [3.63, 3.8) is 0 Å². The third kappa shape index (κ3) is 2.86. The van der Waals surface area contributed by atoms with Crippen molar-refractivity contribution in [1.29, 1.82) is 0 Å². The summed E-state index contributed by atoms with van der Waals surface area (Å²) in [5, 5.41) is 3.48. The molecule has 98 valence electrons. The molecular weight excluding hydrogens is 234 g/mol. The molecule has 1 N–H and O–H groups in total. The second-order valence-corrected chi connectivity index (χ2v) is 5.10. The van der Waals surface area contributed by atoms with Crippen LogP contribution in [0.25, 0.3) is 0 Å². The van der Waals surface area contributed by atoms with Gasteiger partial charge in [0.15, 0.2) is 0 Å². The monoisotopic (exact) mass is 253 g/mol. The summed E-state index contributed by atoms with van der Waals surface area (Å²) < 4.78 is 6.25. The van der Waals surface area contributed by atoms with E-state index in [-0.39, 0.29) is 12.2 Å². The van der Waals surface area contributed by atoms with Crippen molar-refractivity contribution in [2.24, 2.45) is 0 Å². The largest absolute Gasteiger partial charge is 0.363 e. The van der Waals surface area contributed by atoms with Crippen molar-refractivity contribution >= 4 is 0 Å². The molecule has 0 amide bonds. The first-order valence-corrected chi connectivity index (χ1v) is 6.80. The molecule has 0 radical (unpaired) electrons. The Morgan fingerprint density at radius 2 is 1.58 bits per heavy atom. The van der Waals surface area contributed by atoms with Gasteiger partial charge in [-0.1, -0.05) is 60.2 Å². The minimum atomic E-state index is 0.138. The zero-order valence-corrected chi connectivity index (χ0v) is 11.2. The number of ether oxygens (including phenoxy) is 1. The Morgan fingerprint density at radius 3 is 2.32 bits per heavy atom. The molecule has 2 unspecified atom stereocenters. The van der Waals surface area contributed by atoms with Gasteiger partial charge >= 0.3 is 0 Å². The first-order chi connectivity index (χ1) is 9.33. The number of rotatable bonds is 2. The van der Waals surface area contributed by atoms with Crippen LogP contribution in [-0.2, 0) is 4.74 Å². The van der Waals surface area contributed by atoms with E-state index in [4.69, 9.17) is 4.74 Å². The summed E-state index contributed by atoms with van der Waals surface area (Å²) >= 11 is 0. The lowest BCUT2D eigenvalue weighted by Gasteiger charge is -2.31. The SMILES string of the molecule is Cc1cccc(C2CNCC(c3ccccc3)O2)c1. The van der Waals surface area contributed by atoms with E-state index in [9.17, 15) is 0 Å². The van der Waals surface area contributed by atoms with Crippen LogP contribution in [0.1, 0.15) is 28.9 Å². The summed E-state index contributed by atoms with van der Waals surface area (Å²) in [7, 11) is 0. The summed E-state index contributed by atoms with van der Waals surface area (Å²) in [5.74, 6) is 0. The van der Waals surface area contributed by atoms with Gasteiger partial charge in [0.2, 0.25) is 0 Å². The molecule has 0 aromatic heterocycles. The second-order valence-electron chi connectivity index (χ2n) is 5.10. The summed E-state index contributed by atoms with van der Waals surface area (Å²) in [5.41, 5.74) is 3.78. The van der Waals surface area contributed by atoms with Crippen LogP contribution < -0.4 is 5.32 Å². The van der Waals surface area contributed by atoms with E-state index in [0.717, 1.165) is 13.1 Å². The van der Waals surface area contributed by atoms with Gasteiger partial charge in [-0.05, 0) is 18.1 Å². The van der Waals surface area contributed by atoms with E-state index in [1.165, 1.54) is 16.7 Å². The molecule has 0 bridgehead atoms. The van der Waals surface area contributed by atoms with E-state index in [0.29, 0.717) is 0 Å². The van der Waals surface area contributed by atoms with Crippen LogP contribution in [0, 0.1) is 6.92 Å². The van der Waals surface area contributed by atoms with Crippen molar-refractivity contribution in [3.8, 4) is 0 Å². The molecule has 1 aliphatic heterocycles. The number of hydrogen-bond acceptors (Lipinski definition) is 2. The number of hydrogen-bond donors (Lipinski definition) is 1. The van der Waals surface area contributed by atoms with Crippen LogP contribution in [0.4, 0.5) is 0 Å². The highest BCUT2D eigenvalue weighted by molar-refractivity contribution is 5.25. The van der Waals surface area contributed by atoms with Gasteiger partial charge in [0.1, 0.15) is 0 Å². The molecule has 1 saturated heterocycles. The van der Waals surface area contributed by atoms with Crippen LogP contribution in [0.15, 0.2) is 54.6 Å². The molecule has 1 heterocycles. The zero-order valence-electron chi connectivity index (χ0n) is 11.2. The highest BCUT2D eigenvalue weighted by atomic mass is 16.5. The van der Waals surface area contributed by atoms with Crippen LogP contribution in [0.2, 0.25) is 0 Å². The van der Waals surface area contributed by atoms with Crippen LogP contribution in [0.3, 0.4) is 0 Å². The van der Waals surface area contributed by atoms with Gasteiger partial charge in [0.25, 0.3) is 0 Å². The smallest absolute Gasteiger partial charge is 0.0958 e. The van der Waals surface area contributed by atoms with Gasteiger partial charge in [-0.15, -0.1) is 0 Å². The zero-order chi connectivity index (χ0) is 13.1. The topological polar surface area (TPSA) is 21.3 Å². The van der Waals surface area contributed by atoms with Gasteiger partial charge in [0, 0.05) is 13.1 Å².